The predicted octanol–water partition coefficient (Wildman–Crippen LogP) is 4.35. The van der Waals surface area contributed by atoms with Gasteiger partial charge in [0.15, 0.2) is 5.78 Å². The molecule has 2 heterocycles. The highest BCUT2D eigenvalue weighted by molar-refractivity contribution is 5.99. The lowest BCUT2D eigenvalue weighted by atomic mass is 9.92. The maximum absolute atomic E-state index is 13.0. The molecule has 0 saturated heterocycles. The average molecular weight is 373 g/mol. The Balaban J connectivity index is 0.00000196. The van der Waals surface area contributed by atoms with Crippen LogP contribution in [0.25, 0.3) is 5.52 Å². The van der Waals surface area contributed by atoms with Gasteiger partial charge in [0.05, 0.1) is 5.69 Å². The number of ketones is 1. The number of rotatable bonds is 5. The number of hydrogen-bond acceptors (Lipinski definition) is 2. The van der Waals surface area contributed by atoms with E-state index in [0.29, 0.717) is 13.0 Å². The lowest BCUT2D eigenvalue weighted by molar-refractivity contribution is 0.0966. The van der Waals surface area contributed by atoms with Crippen molar-refractivity contribution in [3.05, 3.63) is 76.9 Å². The van der Waals surface area contributed by atoms with Crippen LogP contribution in [0.3, 0.4) is 0 Å². The van der Waals surface area contributed by atoms with E-state index in [4.69, 9.17) is 0 Å². The molecule has 0 unspecified atom stereocenters. The van der Waals surface area contributed by atoms with Crippen LogP contribution in [0.2, 0.25) is 0 Å². The standard InChI is InChI=1S/C21H21FN2O.ClH/c22-16-9-7-15(8-10-16)14-23-12-11-17-18-4-3-6-20(25)21(18)24-13-2-1-5-19(17)24;/h1-2,5,7-10,13,23H,3-4,6,11-12,14H2;1H. The van der Waals surface area contributed by atoms with Crippen molar-refractivity contribution in [2.45, 2.75) is 32.2 Å². The number of aromatic nitrogens is 1. The molecule has 5 heteroatoms. The fraction of sp³-hybridized carbons (Fsp3) is 0.286. The van der Waals surface area contributed by atoms with E-state index in [-0.39, 0.29) is 24.0 Å². The van der Waals surface area contributed by atoms with Crippen molar-refractivity contribution < 1.29 is 9.18 Å². The Kier molecular flexibility index (Phi) is 5.74. The summed E-state index contributed by atoms with van der Waals surface area (Å²) in [5, 5.41) is 3.43. The van der Waals surface area contributed by atoms with Crippen molar-refractivity contribution in [3.8, 4) is 0 Å². The summed E-state index contributed by atoms with van der Waals surface area (Å²) in [5.41, 5.74) is 5.61. The summed E-state index contributed by atoms with van der Waals surface area (Å²) in [4.78, 5) is 12.4. The maximum atomic E-state index is 13.0. The van der Waals surface area contributed by atoms with Gasteiger partial charge in [-0.25, -0.2) is 4.39 Å². The average Bonchev–Trinajstić information content (AvgIpc) is 2.95. The zero-order valence-electron chi connectivity index (χ0n) is 14.5. The van der Waals surface area contributed by atoms with Gasteiger partial charge in [-0.2, -0.15) is 0 Å². The molecule has 0 fully saturated rings. The summed E-state index contributed by atoms with van der Waals surface area (Å²) in [5.74, 6) is 0.0493. The molecule has 1 aromatic carbocycles. The van der Waals surface area contributed by atoms with Crippen molar-refractivity contribution in [2.24, 2.45) is 0 Å². The lowest BCUT2D eigenvalue weighted by Gasteiger charge is -2.12. The normalized spacial score (nSPS) is 13.5. The molecule has 0 aliphatic heterocycles. The van der Waals surface area contributed by atoms with E-state index >= 15 is 0 Å². The molecular formula is C21H22ClFN2O. The van der Waals surface area contributed by atoms with Crippen LogP contribution in [0.5, 0.6) is 0 Å². The van der Waals surface area contributed by atoms with Crippen LogP contribution < -0.4 is 5.32 Å². The highest BCUT2D eigenvalue weighted by Gasteiger charge is 2.25. The van der Waals surface area contributed by atoms with Gasteiger partial charge in [0.25, 0.3) is 0 Å². The van der Waals surface area contributed by atoms with E-state index in [2.05, 4.69) is 15.8 Å². The van der Waals surface area contributed by atoms with Crippen molar-refractivity contribution in [3.63, 3.8) is 0 Å². The molecule has 1 aliphatic rings. The molecule has 1 N–H and O–H groups in total. The monoisotopic (exact) mass is 372 g/mol. The number of hydrogen-bond donors (Lipinski definition) is 1. The third-order valence-corrected chi connectivity index (χ3v) is 4.95. The second-order valence-corrected chi connectivity index (χ2v) is 6.59. The van der Waals surface area contributed by atoms with Crippen LogP contribution in [0.4, 0.5) is 4.39 Å². The van der Waals surface area contributed by atoms with Crippen LogP contribution in [0, 0.1) is 5.82 Å². The largest absolute Gasteiger partial charge is 0.313 e. The number of carbonyl (C=O) groups excluding carboxylic acids is 1. The minimum absolute atomic E-state index is 0. The van der Waals surface area contributed by atoms with Crippen LogP contribution >= 0.6 is 12.4 Å². The first-order valence-corrected chi connectivity index (χ1v) is 8.83. The second-order valence-electron chi connectivity index (χ2n) is 6.59. The number of nitrogens with zero attached hydrogens (tertiary/aromatic N) is 1. The molecule has 0 bridgehead atoms. The first-order valence-electron chi connectivity index (χ1n) is 8.83. The van der Waals surface area contributed by atoms with Crippen LogP contribution in [0.1, 0.15) is 40.0 Å². The van der Waals surface area contributed by atoms with Crippen LogP contribution in [-0.2, 0) is 19.4 Å². The molecule has 4 rings (SSSR count). The topological polar surface area (TPSA) is 33.5 Å². The smallest absolute Gasteiger partial charge is 0.179 e. The fourth-order valence-corrected chi connectivity index (χ4v) is 3.77. The van der Waals surface area contributed by atoms with Gasteiger partial charge in [-0.1, -0.05) is 18.2 Å². The Morgan fingerprint density at radius 2 is 1.88 bits per heavy atom. The van der Waals surface area contributed by atoms with E-state index in [0.717, 1.165) is 42.6 Å². The minimum Gasteiger partial charge on any atom is -0.313 e. The first-order chi connectivity index (χ1) is 12.2. The van der Waals surface area contributed by atoms with Gasteiger partial charge in [-0.15, -0.1) is 12.4 Å². The van der Waals surface area contributed by atoms with Gasteiger partial charge in [0, 0.05) is 24.7 Å². The summed E-state index contributed by atoms with van der Waals surface area (Å²) in [6.45, 7) is 1.54. The third-order valence-electron chi connectivity index (χ3n) is 4.95. The SMILES string of the molecule is Cl.O=C1CCCc2c(CCNCc3ccc(F)cc3)c3ccccn3c21. The molecule has 2 aromatic heterocycles. The Labute approximate surface area is 158 Å². The molecular weight excluding hydrogens is 351 g/mol. The van der Waals surface area contributed by atoms with Crippen LogP contribution in [-0.4, -0.2) is 16.7 Å². The van der Waals surface area contributed by atoms with Crippen molar-refractivity contribution in [1.82, 2.24) is 9.72 Å². The fourth-order valence-electron chi connectivity index (χ4n) is 3.77. The van der Waals surface area contributed by atoms with Gasteiger partial charge in [-0.3, -0.25) is 4.79 Å². The number of halogens is 2. The minimum atomic E-state index is -0.208. The molecule has 0 spiro atoms. The van der Waals surface area contributed by atoms with Gasteiger partial charge in [-0.05, 0) is 66.8 Å². The Morgan fingerprint density at radius 3 is 2.69 bits per heavy atom. The van der Waals surface area contributed by atoms with Crippen molar-refractivity contribution >= 4 is 23.7 Å². The molecule has 3 nitrogen and oxygen atoms in total. The quantitative estimate of drug-likeness (QED) is 0.675. The summed E-state index contributed by atoms with van der Waals surface area (Å²) < 4.78 is 15.0. The second kappa shape index (κ2) is 8.02. The zero-order valence-corrected chi connectivity index (χ0v) is 15.3. The number of nitrogens with one attached hydrogen (secondary N) is 1. The van der Waals surface area contributed by atoms with Crippen molar-refractivity contribution in [2.75, 3.05) is 6.54 Å². The van der Waals surface area contributed by atoms with Gasteiger partial charge < -0.3 is 9.72 Å². The number of pyridine rings is 1. The molecule has 3 aromatic rings. The molecule has 0 atom stereocenters. The van der Waals surface area contributed by atoms with E-state index in [1.54, 1.807) is 12.1 Å². The molecule has 136 valence electrons. The van der Waals surface area contributed by atoms with E-state index in [1.807, 2.05) is 18.3 Å². The number of carbonyl (C=O) groups is 1. The Bertz CT molecular complexity index is 918. The molecule has 1 aliphatic carbocycles. The van der Waals surface area contributed by atoms with E-state index in [9.17, 15) is 9.18 Å². The summed E-state index contributed by atoms with van der Waals surface area (Å²) in [7, 11) is 0. The number of fused-ring (bicyclic) bond motifs is 3. The van der Waals surface area contributed by atoms with E-state index in [1.165, 1.54) is 23.3 Å². The van der Waals surface area contributed by atoms with Gasteiger partial charge in [0.1, 0.15) is 5.82 Å². The zero-order chi connectivity index (χ0) is 17.2. The molecule has 0 radical (unpaired) electrons. The summed E-state index contributed by atoms with van der Waals surface area (Å²) >= 11 is 0. The Hall–Kier alpha value is -2.17. The Morgan fingerprint density at radius 1 is 1.08 bits per heavy atom. The highest BCUT2D eigenvalue weighted by atomic mass is 35.5. The third kappa shape index (κ3) is 3.53. The lowest BCUT2D eigenvalue weighted by Crippen LogP contribution is -2.18. The van der Waals surface area contributed by atoms with Gasteiger partial charge >= 0.3 is 0 Å². The first kappa shape index (κ1) is 18.6. The summed E-state index contributed by atoms with van der Waals surface area (Å²) in [6.07, 6.45) is 5.45. The predicted molar refractivity (Wildman–Crippen MR) is 104 cm³/mol. The summed E-state index contributed by atoms with van der Waals surface area (Å²) in [6, 6.07) is 12.7. The maximum Gasteiger partial charge on any atom is 0.179 e. The van der Waals surface area contributed by atoms with Gasteiger partial charge in [0.2, 0.25) is 0 Å². The van der Waals surface area contributed by atoms with Crippen LogP contribution in [0.15, 0.2) is 48.7 Å². The number of Topliss-reactive ketones (excluding diaryl/α,β-unsaturated/α-hetero) is 1. The molecule has 0 saturated carbocycles. The number of benzene rings is 1. The van der Waals surface area contributed by atoms with Crippen molar-refractivity contribution in [1.29, 1.82) is 0 Å². The molecule has 26 heavy (non-hydrogen) atoms. The molecule has 0 amide bonds. The highest BCUT2D eigenvalue weighted by Crippen LogP contribution is 2.30. The van der Waals surface area contributed by atoms with E-state index < -0.39 is 0 Å².